The van der Waals surface area contributed by atoms with Gasteiger partial charge in [-0.25, -0.2) is 4.98 Å². The molecule has 3 aromatic rings. The summed E-state index contributed by atoms with van der Waals surface area (Å²) in [6.45, 7) is 1.65. The fourth-order valence-electron chi connectivity index (χ4n) is 2.37. The zero-order chi connectivity index (χ0) is 18.5. The molecule has 0 spiro atoms. The number of benzene rings is 1. The molecule has 0 bridgehead atoms. The van der Waals surface area contributed by atoms with Crippen molar-refractivity contribution < 1.29 is 14.3 Å². The van der Waals surface area contributed by atoms with Crippen LogP contribution in [0.15, 0.2) is 52.8 Å². The van der Waals surface area contributed by atoms with Gasteiger partial charge in [0.05, 0.1) is 12.1 Å². The van der Waals surface area contributed by atoms with E-state index in [0.717, 1.165) is 0 Å². The molecule has 1 aromatic carbocycles. The number of nitrogens with zero attached hydrogens (tertiary/aromatic N) is 2. The number of hydrogen-bond donors (Lipinski definition) is 1. The minimum atomic E-state index is -0.473. The smallest absolute Gasteiger partial charge is 0.308 e. The Morgan fingerprint density at radius 3 is 2.85 bits per heavy atom. The van der Waals surface area contributed by atoms with Crippen LogP contribution in [-0.2, 0) is 16.1 Å². The van der Waals surface area contributed by atoms with Crippen molar-refractivity contribution in [3.05, 3.63) is 69.6 Å². The first-order valence-electron chi connectivity index (χ1n) is 8.00. The number of carbonyl (C=O) groups is 2. The molecule has 3 rings (SSSR count). The molecule has 0 aliphatic heterocycles. The van der Waals surface area contributed by atoms with Gasteiger partial charge in [0.25, 0.3) is 11.5 Å². The van der Waals surface area contributed by atoms with E-state index in [-0.39, 0.29) is 30.5 Å². The summed E-state index contributed by atoms with van der Waals surface area (Å²) in [5.74, 6) is -0.720. The largest absolute Gasteiger partial charge is 0.459 e. The Kier molecular flexibility index (Phi) is 5.43. The Morgan fingerprint density at radius 2 is 2.08 bits per heavy atom. The first-order chi connectivity index (χ1) is 12.5. The van der Waals surface area contributed by atoms with Crippen molar-refractivity contribution in [3.8, 4) is 0 Å². The number of fused-ring (bicyclic) bond motifs is 1. The third-order valence-corrected chi connectivity index (χ3v) is 4.38. The van der Waals surface area contributed by atoms with Crippen LogP contribution in [0.1, 0.15) is 29.4 Å². The third kappa shape index (κ3) is 4.34. The van der Waals surface area contributed by atoms with Crippen molar-refractivity contribution in [1.29, 1.82) is 0 Å². The molecule has 134 valence electrons. The van der Waals surface area contributed by atoms with E-state index in [2.05, 4.69) is 10.3 Å². The third-order valence-electron chi connectivity index (χ3n) is 3.62. The van der Waals surface area contributed by atoms with Gasteiger partial charge in [-0.3, -0.25) is 18.8 Å². The summed E-state index contributed by atoms with van der Waals surface area (Å²) in [6.07, 6.45) is 1.67. The van der Waals surface area contributed by atoms with E-state index in [4.69, 9.17) is 4.74 Å². The molecule has 0 saturated heterocycles. The summed E-state index contributed by atoms with van der Waals surface area (Å²) in [5, 5.41) is 4.51. The fourth-order valence-corrected chi connectivity index (χ4v) is 3.11. The molecule has 0 aliphatic rings. The van der Waals surface area contributed by atoms with E-state index in [1.165, 1.54) is 21.8 Å². The van der Waals surface area contributed by atoms with Gasteiger partial charge in [0.15, 0.2) is 4.96 Å². The van der Waals surface area contributed by atoms with Crippen molar-refractivity contribution >= 4 is 28.2 Å². The molecule has 0 fully saturated rings. The highest BCUT2D eigenvalue weighted by Gasteiger charge is 2.14. The molecule has 1 N–H and O–H groups in total. The van der Waals surface area contributed by atoms with Crippen molar-refractivity contribution in [3.63, 3.8) is 0 Å². The molecule has 0 aliphatic carbocycles. The fraction of sp³-hybridized carbons (Fsp3) is 0.222. The van der Waals surface area contributed by atoms with Crippen LogP contribution in [0.2, 0.25) is 0 Å². The zero-order valence-electron chi connectivity index (χ0n) is 14.0. The number of carbonyl (C=O) groups excluding carboxylic acids is 2. The maximum Gasteiger partial charge on any atom is 0.308 e. The normalized spacial score (nSPS) is 11.9. The lowest BCUT2D eigenvalue weighted by atomic mass is 10.2. The van der Waals surface area contributed by atoms with Gasteiger partial charge in [-0.2, -0.15) is 0 Å². The van der Waals surface area contributed by atoms with E-state index < -0.39 is 5.97 Å². The van der Waals surface area contributed by atoms with Gasteiger partial charge >= 0.3 is 5.97 Å². The lowest BCUT2D eigenvalue weighted by Crippen LogP contribution is -2.34. The minimum Gasteiger partial charge on any atom is -0.459 e. The van der Waals surface area contributed by atoms with Crippen LogP contribution in [0, 0.1) is 0 Å². The van der Waals surface area contributed by atoms with Crippen LogP contribution in [0.3, 0.4) is 0 Å². The quantitative estimate of drug-likeness (QED) is 0.670. The van der Waals surface area contributed by atoms with Gasteiger partial charge < -0.3 is 10.1 Å². The topological polar surface area (TPSA) is 89.8 Å². The molecule has 1 unspecified atom stereocenters. The molecule has 2 heterocycles. The van der Waals surface area contributed by atoms with Crippen LogP contribution in [0.4, 0.5) is 0 Å². The second-order valence-electron chi connectivity index (χ2n) is 5.75. The van der Waals surface area contributed by atoms with Crippen LogP contribution < -0.4 is 10.9 Å². The Balaban J connectivity index is 1.51. The highest BCUT2D eigenvalue weighted by Crippen LogP contribution is 2.08. The van der Waals surface area contributed by atoms with Crippen LogP contribution in [0.25, 0.3) is 4.96 Å². The summed E-state index contributed by atoms with van der Waals surface area (Å²) >= 11 is 1.33. The van der Waals surface area contributed by atoms with Crippen molar-refractivity contribution in [2.24, 2.45) is 0 Å². The number of ether oxygens (including phenoxy) is 1. The van der Waals surface area contributed by atoms with Gasteiger partial charge in [-0.15, -0.1) is 11.3 Å². The number of nitrogens with one attached hydrogen (secondary N) is 1. The van der Waals surface area contributed by atoms with Crippen molar-refractivity contribution in [1.82, 2.24) is 14.7 Å². The summed E-state index contributed by atoms with van der Waals surface area (Å²) in [4.78, 5) is 40.7. The van der Waals surface area contributed by atoms with E-state index in [1.54, 1.807) is 42.8 Å². The summed E-state index contributed by atoms with van der Waals surface area (Å²) in [5.41, 5.74) is 0.708. The van der Waals surface area contributed by atoms with Gasteiger partial charge in [-0.1, -0.05) is 18.2 Å². The zero-order valence-corrected chi connectivity index (χ0v) is 14.9. The summed E-state index contributed by atoms with van der Waals surface area (Å²) < 4.78 is 6.60. The first kappa shape index (κ1) is 17.8. The Morgan fingerprint density at radius 1 is 1.31 bits per heavy atom. The number of aromatic nitrogens is 2. The predicted molar refractivity (Wildman–Crippen MR) is 97.1 cm³/mol. The molecule has 0 radical (unpaired) electrons. The Labute approximate surface area is 153 Å². The number of esters is 1. The molecule has 26 heavy (non-hydrogen) atoms. The maximum absolute atomic E-state index is 12.0. The van der Waals surface area contributed by atoms with Crippen LogP contribution in [0.5, 0.6) is 0 Å². The van der Waals surface area contributed by atoms with Gasteiger partial charge in [0, 0.05) is 29.2 Å². The van der Waals surface area contributed by atoms with Crippen LogP contribution in [-0.4, -0.2) is 27.3 Å². The maximum atomic E-state index is 12.0. The highest BCUT2D eigenvalue weighted by atomic mass is 32.1. The molecule has 0 saturated carbocycles. The lowest BCUT2D eigenvalue weighted by molar-refractivity contribution is -0.145. The van der Waals surface area contributed by atoms with E-state index >= 15 is 0 Å². The number of amides is 1. The summed E-state index contributed by atoms with van der Waals surface area (Å²) in [6, 6.07) is 9.73. The van der Waals surface area contributed by atoms with Crippen LogP contribution >= 0.6 is 11.3 Å². The molecular formula is C18H17N3O4S. The summed E-state index contributed by atoms with van der Waals surface area (Å²) in [7, 11) is 0. The molecular weight excluding hydrogens is 354 g/mol. The Hall–Kier alpha value is -3.00. The molecule has 7 nitrogen and oxygen atoms in total. The van der Waals surface area contributed by atoms with E-state index in [1.807, 2.05) is 6.07 Å². The van der Waals surface area contributed by atoms with E-state index in [9.17, 15) is 14.4 Å². The molecule has 1 atom stereocenters. The first-order valence-corrected chi connectivity index (χ1v) is 8.88. The SMILES string of the molecule is CC(CC(=O)OCc1cc(=O)n2ccsc2n1)NC(=O)c1ccccc1. The lowest BCUT2D eigenvalue weighted by Gasteiger charge is -2.13. The Bertz CT molecular complexity index is 981. The predicted octanol–water partition coefficient (Wildman–Crippen LogP) is 2.01. The van der Waals surface area contributed by atoms with E-state index in [0.29, 0.717) is 16.2 Å². The average Bonchev–Trinajstić information content (AvgIpc) is 3.10. The van der Waals surface area contributed by atoms with Crippen molar-refractivity contribution in [2.45, 2.75) is 26.0 Å². The second-order valence-corrected chi connectivity index (χ2v) is 6.62. The number of rotatable bonds is 6. The average molecular weight is 371 g/mol. The molecule has 2 aromatic heterocycles. The molecule has 1 amide bonds. The molecule has 8 heteroatoms. The second kappa shape index (κ2) is 7.92. The van der Waals surface area contributed by atoms with Crippen molar-refractivity contribution in [2.75, 3.05) is 0 Å². The van der Waals surface area contributed by atoms with Gasteiger partial charge in [0.1, 0.15) is 6.61 Å². The monoisotopic (exact) mass is 371 g/mol. The highest BCUT2D eigenvalue weighted by molar-refractivity contribution is 7.15. The number of thiazole rings is 1. The van der Waals surface area contributed by atoms with Gasteiger partial charge in [0.2, 0.25) is 0 Å². The minimum absolute atomic E-state index is 0.0266. The van der Waals surface area contributed by atoms with Gasteiger partial charge in [-0.05, 0) is 19.1 Å². The number of hydrogen-bond acceptors (Lipinski definition) is 6. The standard InChI is InChI=1S/C18H17N3O4S/c1-12(19-17(24)13-5-3-2-4-6-13)9-16(23)25-11-14-10-15(22)21-7-8-26-18(21)20-14/h2-8,10,12H,9,11H2,1H3,(H,19,24).